The maximum Gasteiger partial charge on any atom is 0.235 e. The van der Waals surface area contributed by atoms with E-state index in [1.54, 1.807) is 0 Å². The lowest BCUT2D eigenvalue weighted by atomic mass is 10.3. The number of anilines is 1. The lowest BCUT2D eigenvalue weighted by molar-refractivity contribution is 0.320. The highest BCUT2D eigenvalue weighted by atomic mass is 35.5. The molecule has 0 atom stereocenters. The maximum absolute atomic E-state index is 11.3. The second kappa shape index (κ2) is 5.03. The highest BCUT2D eigenvalue weighted by Crippen LogP contribution is 2.26. The number of aliphatic hydroxyl groups excluding tert-OH is 1. The number of halogens is 2. The Labute approximate surface area is 97.9 Å². The minimum atomic E-state index is -3.55. The van der Waals surface area contributed by atoms with Crippen LogP contribution in [0.4, 0.5) is 5.69 Å². The first kappa shape index (κ1) is 12.6. The van der Waals surface area contributed by atoms with Crippen molar-refractivity contribution in [2.24, 2.45) is 0 Å². The van der Waals surface area contributed by atoms with Crippen LogP contribution >= 0.6 is 23.2 Å². The smallest absolute Gasteiger partial charge is 0.235 e. The Balaban J connectivity index is 2.90. The van der Waals surface area contributed by atoms with Gasteiger partial charge >= 0.3 is 0 Å². The fourth-order valence-electron chi connectivity index (χ4n) is 0.911. The Hall–Kier alpha value is -0.490. The summed E-state index contributed by atoms with van der Waals surface area (Å²) in [6, 6.07) is 4.41. The molecule has 0 aliphatic heterocycles. The second-order valence-electron chi connectivity index (χ2n) is 2.77. The molecule has 1 aromatic carbocycles. The topological polar surface area (TPSA) is 66.4 Å². The number of sulfonamides is 1. The van der Waals surface area contributed by atoms with Crippen molar-refractivity contribution in [1.29, 1.82) is 0 Å². The number of hydrogen-bond donors (Lipinski definition) is 2. The molecular weight excluding hydrogens is 261 g/mol. The molecule has 0 unspecified atom stereocenters. The van der Waals surface area contributed by atoms with Gasteiger partial charge in [0.25, 0.3) is 0 Å². The maximum atomic E-state index is 11.3. The number of hydrogen-bond acceptors (Lipinski definition) is 3. The van der Waals surface area contributed by atoms with Gasteiger partial charge in [-0.05, 0) is 18.2 Å². The van der Waals surface area contributed by atoms with Crippen LogP contribution < -0.4 is 4.72 Å². The quantitative estimate of drug-likeness (QED) is 0.875. The Morgan fingerprint density at radius 2 is 2.00 bits per heavy atom. The van der Waals surface area contributed by atoms with Crippen molar-refractivity contribution in [2.75, 3.05) is 17.1 Å². The summed E-state index contributed by atoms with van der Waals surface area (Å²) < 4.78 is 24.8. The molecular formula is C8H9Cl2NO3S. The van der Waals surface area contributed by atoms with Crippen molar-refractivity contribution >= 4 is 38.9 Å². The van der Waals surface area contributed by atoms with Gasteiger partial charge < -0.3 is 5.11 Å². The van der Waals surface area contributed by atoms with Crippen LogP contribution in [0.1, 0.15) is 0 Å². The van der Waals surface area contributed by atoms with Crippen LogP contribution in [0.2, 0.25) is 10.0 Å². The van der Waals surface area contributed by atoms with Gasteiger partial charge in [-0.15, -0.1) is 0 Å². The van der Waals surface area contributed by atoms with Crippen LogP contribution in [-0.4, -0.2) is 25.9 Å². The van der Waals surface area contributed by atoms with E-state index in [4.69, 9.17) is 28.3 Å². The molecule has 0 bridgehead atoms. The van der Waals surface area contributed by atoms with Crippen LogP contribution in [0.3, 0.4) is 0 Å². The molecule has 4 nitrogen and oxygen atoms in total. The van der Waals surface area contributed by atoms with Gasteiger partial charge in [-0.3, -0.25) is 4.72 Å². The summed E-state index contributed by atoms with van der Waals surface area (Å²) >= 11 is 11.4. The van der Waals surface area contributed by atoms with E-state index in [1.807, 2.05) is 0 Å². The van der Waals surface area contributed by atoms with Gasteiger partial charge in [0.15, 0.2) is 0 Å². The van der Waals surface area contributed by atoms with Crippen molar-refractivity contribution < 1.29 is 13.5 Å². The zero-order chi connectivity index (χ0) is 11.5. The molecule has 2 N–H and O–H groups in total. The Morgan fingerprint density at radius 3 is 2.53 bits per heavy atom. The largest absolute Gasteiger partial charge is 0.395 e. The highest BCUT2D eigenvalue weighted by Gasteiger charge is 2.11. The van der Waals surface area contributed by atoms with Gasteiger partial charge in [-0.2, -0.15) is 0 Å². The molecule has 0 aromatic heterocycles. The van der Waals surface area contributed by atoms with Crippen molar-refractivity contribution in [3.63, 3.8) is 0 Å². The summed E-state index contributed by atoms with van der Waals surface area (Å²) in [6.45, 7) is -0.444. The fraction of sp³-hybridized carbons (Fsp3) is 0.250. The molecule has 0 amide bonds. The van der Waals surface area contributed by atoms with E-state index in [0.29, 0.717) is 5.02 Å². The third-order valence-electron chi connectivity index (χ3n) is 1.56. The number of rotatable bonds is 4. The van der Waals surface area contributed by atoms with E-state index >= 15 is 0 Å². The minimum Gasteiger partial charge on any atom is -0.395 e. The summed E-state index contributed by atoms with van der Waals surface area (Å²) in [4.78, 5) is 0. The molecule has 0 saturated heterocycles. The van der Waals surface area contributed by atoms with E-state index in [2.05, 4.69) is 4.72 Å². The summed E-state index contributed by atoms with van der Waals surface area (Å²) in [6.07, 6.45) is 0. The zero-order valence-electron chi connectivity index (χ0n) is 7.57. The average Bonchev–Trinajstić information content (AvgIpc) is 2.09. The SMILES string of the molecule is O=S(=O)(CCO)Nc1ccc(Cl)cc1Cl. The summed E-state index contributed by atoms with van der Waals surface area (Å²) in [5, 5.41) is 9.15. The van der Waals surface area contributed by atoms with E-state index < -0.39 is 16.6 Å². The molecule has 15 heavy (non-hydrogen) atoms. The first-order valence-electron chi connectivity index (χ1n) is 4.01. The molecule has 0 aliphatic carbocycles. The molecule has 0 heterocycles. The first-order valence-corrected chi connectivity index (χ1v) is 6.42. The molecule has 0 fully saturated rings. The van der Waals surface area contributed by atoms with E-state index in [0.717, 1.165) is 0 Å². The standard InChI is InChI=1S/C8H9Cl2NO3S/c9-6-1-2-8(7(10)5-6)11-15(13,14)4-3-12/h1-2,5,11-12H,3-4H2. The molecule has 0 radical (unpaired) electrons. The number of aliphatic hydroxyl groups is 1. The minimum absolute atomic E-state index is 0.212. The number of nitrogens with one attached hydrogen (secondary N) is 1. The summed E-state index contributed by atoms with van der Waals surface area (Å²) in [5.41, 5.74) is 0.245. The van der Waals surface area contributed by atoms with Crippen LogP contribution in [0.25, 0.3) is 0 Å². The Bertz CT molecular complexity index is 447. The van der Waals surface area contributed by atoms with E-state index in [-0.39, 0.29) is 16.5 Å². The molecule has 0 saturated carbocycles. The predicted octanol–water partition coefficient (Wildman–Crippen LogP) is 1.73. The van der Waals surface area contributed by atoms with Crippen molar-refractivity contribution in [3.05, 3.63) is 28.2 Å². The molecule has 84 valence electrons. The predicted molar refractivity (Wildman–Crippen MR) is 61.0 cm³/mol. The number of benzene rings is 1. The van der Waals surface area contributed by atoms with E-state index in [1.165, 1.54) is 18.2 Å². The van der Waals surface area contributed by atoms with Gasteiger partial charge in [0.2, 0.25) is 10.0 Å². The second-order valence-corrected chi connectivity index (χ2v) is 5.45. The molecule has 7 heteroatoms. The molecule has 0 spiro atoms. The van der Waals surface area contributed by atoms with Crippen LogP contribution in [0, 0.1) is 0 Å². The lowest BCUT2D eigenvalue weighted by Gasteiger charge is -2.08. The van der Waals surface area contributed by atoms with Gasteiger partial charge in [-0.1, -0.05) is 23.2 Å². The third-order valence-corrected chi connectivity index (χ3v) is 3.36. The molecule has 1 aromatic rings. The Kier molecular flexibility index (Phi) is 4.21. The third kappa shape index (κ3) is 3.87. The van der Waals surface area contributed by atoms with E-state index in [9.17, 15) is 8.42 Å². The van der Waals surface area contributed by atoms with Gasteiger partial charge in [0, 0.05) is 5.02 Å². The van der Waals surface area contributed by atoms with Crippen molar-refractivity contribution in [2.45, 2.75) is 0 Å². The first-order chi connectivity index (χ1) is 6.94. The van der Waals surface area contributed by atoms with Crippen molar-refractivity contribution in [1.82, 2.24) is 0 Å². The van der Waals surface area contributed by atoms with Crippen LogP contribution in [0.15, 0.2) is 18.2 Å². The molecule has 0 aliphatic rings. The fourth-order valence-corrected chi connectivity index (χ4v) is 2.28. The summed E-state index contributed by atoms with van der Waals surface area (Å²) in [7, 11) is -3.55. The van der Waals surface area contributed by atoms with Crippen LogP contribution in [0.5, 0.6) is 0 Å². The van der Waals surface area contributed by atoms with Gasteiger partial charge in [0.05, 0.1) is 23.1 Å². The normalized spacial score (nSPS) is 11.4. The summed E-state index contributed by atoms with van der Waals surface area (Å²) in [5.74, 6) is -0.369. The lowest BCUT2D eigenvalue weighted by Crippen LogP contribution is -2.19. The molecule has 1 rings (SSSR count). The Morgan fingerprint density at radius 1 is 1.33 bits per heavy atom. The zero-order valence-corrected chi connectivity index (χ0v) is 9.90. The van der Waals surface area contributed by atoms with Crippen molar-refractivity contribution in [3.8, 4) is 0 Å². The highest BCUT2D eigenvalue weighted by molar-refractivity contribution is 7.92. The van der Waals surface area contributed by atoms with Gasteiger partial charge in [-0.25, -0.2) is 8.42 Å². The van der Waals surface area contributed by atoms with Gasteiger partial charge in [0.1, 0.15) is 0 Å². The van der Waals surface area contributed by atoms with Crippen LogP contribution in [-0.2, 0) is 10.0 Å². The average molecular weight is 270 g/mol. The monoisotopic (exact) mass is 269 g/mol.